The molecule has 1 atom stereocenters. The molecule has 2 aliphatic rings. The van der Waals surface area contributed by atoms with Crippen LogP contribution in [-0.4, -0.2) is 50.8 Å². The molecule has 0 aromatic heterocycles. The monoisotopic (exact) mass is 282 g/mol. The normalized spacial score (nSPS) is 29.7. The van der Waals surface area contributed by atoms with Crippen LogP contribution in [0.2, 0.25) is 0 Å². The number of piperidine rings is 1. The summed E-state index contributed by atoms with van der Waals surface area (Å²) >= 11 is 0. The van der Waals surface area contributed by atoms with Gasteiger partial charge in [0.1, 0.15) is 0 Å². The van der Waals surface area contributed by atoms with E-state index in [2.05, 4.69) is 24.1 Å². The van der Waals surface area contributed by atoms with Crippen molar-refractivity contribution in [2.45, 2.75) is 52.4 Å². The van der Waals surface area contributed by atoms with Gasteiger partial charge in [-0.25, -0.2) is 0 Å². The first kappa shape index (κ1) is 16.3. The summed E-state index contributed by atoms with van der Waals surface area (Å²) < 4.78 is 5.82. The quantitative estimate of drug-likeness (QED) is 0.777. The van der Waals surface area contributed by atoms with E-state index in [0.29, 0.717) is 5.41 Å². The van der Waals surface area contributed by atoms with Crippen LogP contribution in [0.1, 0.15) is 52.4 Å². The molecule has 1 N–H and O–H groups in total. The van der Waals surface area contributed by atoms with E-state index in [1.807, 2.05) is 0 Å². The Morgan fingerprint density at radius 1 is 1.25 bits per heavy atom. The second-order valence-corrected chi connectivity index (χ2v) is 6.94. The van der Waals surface area contributed by atoms with Gasteiger partial charge in [-0.2, -0.15) is 0 Å². The molecule has 0 amide bonds. The summed E-state index contributed by atoms with van der Waals surface area (Å²) in [6.45, 7) is 12.5. The SMILES string of the molecule is CCCC1CCN(CC2(CNCC)CCCOC2)CC1. The minimum Gasteiger partial charge on any atom is -0.381 e. The van der Waals surface area contributed by atoms with Crippen molar-refractivity contribution >= 4 is 0 Å². The van der Waals surface area contributed by atoms with E-state index in [1.165, 1.54) is 58.2 Å². The molecular weight excluding hydrogens is 248 g/mol. The van der Waals surface area contributed by atoms with E-state index in [1.54, 1.807) is 0 Å². The first-order valence-electron chi connectivity index (χ1n) is 8.79. The van der Waals surface area contributed by atoms with Crippen molar-refractivity contribution in [3.8, 4) is 0 Å². The summed E-state index contributed by atoms with van der Waals surface area (Å²) in [6, 6.07) is 0. The van der Waals surface area contributed by atoms with Crippen molar-refractivity contribution in [1.29, 1.82) is 0 Å². The van der Waals surface area contributed by atoms with E-state index in [4.69, 9.17) is 4.74 Å². The molecule has 2 rings (SSSR count). The minimum absolute atomic E-state index is 0.367. The van der Waals surface area contributed by atoms with Crippen LogP contribution in [0.4, 0.5) is 0 Å². The number of nitrogens with zero attached hydrogens (tertiary/aromatic N) is 1. The number of hydrogen-bond acceptors (Lipinski definition) is 3. The molecule has 0 aromatic rings. The van der Waals surface area contributed by atoms with Gasteiger partial charge in [-0.15, -0.1) is 0 Å². The minimum atomic E-state index is 0.367. The Hall–Kier alpha value is -0.120. The van der Waals surface area contributed by atoms with Crippen LogP contribution in [0.3, 0.4) is 0 Å². The van der Waals surface area contributed by atoms with E-state index < -0.39 is 0 Å². The van der Waals surface area contributed by atoms with Gasteiger partial charge < -0.3 is 15.0 Å². The average Bonchev–Trinajstić information content (AvgIpc) is 2.49. The van der Waals surface area contributed by atoms with E-state index in [9.17, 15) is 0 Å². The molecule has 3 heteroatoms. The third kappa shape index (κ3) is 4.71. The van der Waals surface area contributed by atoms with Gasteiger partial charge in [-0.05, 0) is 51.2 Å². The standard InChI is InChI=1S/C17H34N2O/c1-3-6-16-7-10-19(11-8-16)14-17(13-18-4-2)9-5-12-20-15-17/h16,18H,3-15H2,1-2H3. The van der Waals surface area contributed by atoms with Crippen LogP contribution < -0.4 is 5.32 Å². The van der Waals surface area contributed by atoms with Gasteiger partial charge in [-0.3, -0.25) is 0 Å². The predicted molar refractivity (Wildman–Crippen MR) is 85.1 cm³/mol. The first-order chi connectivity index (χ1) is 9.78. The Morgan fingerprint density at radius 3 is 2.65 bits per heavy atom. The predicted octanol–water partition coefficient (Wildman–Crippen LogP) is 2.90. The smallest absolute Gasteiger partial charge is 0.0546 e. The lowest BCUT2D eigenvalue weighted by atomic mass is 9.80. The van der Waals surface area contributed by atoms with Crippen LogP contribution >= 0.6 is 0 Å². The zero-order chi connectivity index (χ0) is 14.3. The fourth-order valence-corrected chi connectivity index (χ4v) is 3.94. The second-order valence-electron chi connectivity index (χ2n) is 6.94. The van der Waals surface area contributed by atoms with Gasteiger partial charge in [-0.1, -0.05) is 26.7 Å². The van der Waals surface area contributed by atoms with Crippen LogP contribution in [0.15, 0.2) is 0 Å². The number of rotatable bonds is 7. The highest BCUT2D eigenvalue weighted by Crippen LogP contribution is 2.31. The lowest BCUT2D eigenvalue weighted by molar-refractivity contribution is -0.0306. The fourth-order valence-electron chi connectivity index (χ4n) is 3.94. The highest BCUT2D eigenvalue weighted by atomic mass is 16.5. The number of nitrogens with one attached hydrogen (secondary N) is 1. The molecule has 0 bridgehead atoms. The molecule has 2 fully saturated rings. The Balaban J connectivity index is 1.82. The average molecular weight is 282 g/mol. The van der Waals surface area contributed by atoms with Gasteiger partial charge in [0.05, 0.1) is 6.61 Å². The summed E-state index contributed by atoms with van der Waals surface area (Å²) in [5, 5.41) is 3.57. The lowest BCUT2D eigenvalue weighted by Gasteiger charge is -2.43. The molecule has 0 radical (unpaired) electrons. The zero-order valence-electron chi connectivity index (χ0n) is 13.6. The van der Waals surface area contributed by atoms with Crippen molar-refractivity contribution in [2.75, 3.05) is 45.9 Å². The molecule has 2 aliphatic heterocycles. The molecule has 0 aliphatic carbocycles. The van der Waals surface area contributed by atoms with E-state index >= 15 is 0 Å². The molecule has 2 heterocycles. The molecular formula is C17H34N2O. The van der Waals surface area contributed by atoms with Crippen molar-refractivity contribution in [1.82, 2.24) is 10.2 Å². The fraction of sp³-hybridized carbons (Fsp3) is 1.00. The molecule has 0 saturated carbocycles. The summed E-state index contributed by atoms with van der Waals surface area (Å²) in [5.41, 5.74) is 0.367. The lowest BCUT2D eigenvalue weighted by Crippen LogP contribution is -2.50. The largest absolute Gasteiger partial charge is 0.381 e. The van der Waals surface area contributed by atoms with Gasteiger partial charge in [0.2, 0.25) is 0 Å². The molecule has 118 valence electrons. The summed E-state index contributed by atoms with van der Waals surface area (Å²) in [4.78, 5) is 2.71. The zero-order valence-corrected chi connectivity index (χ0v) is 13.6. The second kappa shape index (κ2) is 8.35. The van der Waals surface area contributed by atoms with Crippen LogP contribution in [0, 0.1) is 11.3 Å². The van der Waals surface area contributed by atoms with Gasteiger partial charge in [0.25, 0.3) is 0 Å². The summed E-state index contributed by atoms with van der Waals surface area (Å²) in [6.07, 6.45) is 8.16. The summed E-state index contributed by atoms with van der Waals surface area (Å²) in [7, 11) is 0. The molecule has 2 saturated heterocycles. The summed E-state index contributed by atoms with van der Waals surface area (Å²) in [5.74, 6) is 0.989. The maximum atomic E-state index is 5.82. The molecule has 20 heavy (non-hydrogen) atoms. The maximum absolute atomic E-state index is 5.82. The Labute approximate surface area is 125 Å². The molecule has 0 spiro atoms. The van der Waals surface area contributed by atoms with Gasteiger partial charge in [0.15, 0.2) is 0 Å². The van der Waals surface area contributed by atoms with E-state index in [0.717, 1.165) is 32.2 Å². The van der Waals surface area contributed by atoms with Crippen LogP contribution in [0.25, 0.3) is 0 Å². The Bertz CT molecular complexity index is 256. The first-order valence-corrected chi connectivity index (χ1v) is 8.79. The van der Waals surface area contributed by atoms with Crippen molar-refractivity contribution in [3.63, 3.8) is 0 Å². The topological polar surface area (TPSA) is 24.5 Å². The van der Waals surface area contributed by atoms with Crippen molar-refractivity contribution < 1.29 is 4.74 Å². The molecule has 3 nitrogen and oxygen atoms in total. The van der Waals surface area contributed by atoms with Gasteiger partial charge >= 0.3 is 0 Å². The highest BCUT2D eigenvalue weighted by molar-refractivity contribution is 4.88. The number of hydrogen-bond donors (Lipinski definition) is 1. The third-order valence-corrected chi connectivity index (χ3v) is 5.12. The highest BCUT2D eigenvalue weighted by Gasteiger charge is 2.35. The Kier molecular flexibility index (Phi) is 6.79. The van der Waals surface area contributed by atoms with E-state index in [-0.39, 0.29) is 0 Å². The maximum Gasteiger partial charge on any atom is 0.0546 e. The third-order valence-electron chi connectivity index (χ3n) is 5.12. The number of likely N-dealkylation sites (tertiary alicyclic amines) is 1. The van der Waals surface area contributed by atoms with Gasteiger partial charge in [0, 0.05) is 25.1 Å². The van der Waals surface area contributed by atoms with Crippen LogP contribution in [-0.2, 0) is 4.74 Å². The molecule has 0 aromatic carbocycles. The Morgan fingerprint density at radius 2 is 2.05 bits per heavy atom. The van der Waals surface area contributed by atoms with Crippen molar-refractivity contribution in [2.24, 2.45) is 11.3 Å². The van der Waals surface area contributed by atoms with Crippen LogP contribution in [0.5, 0.6) is 0 Å². The number of ether oxygens (including phenoxy) is 1. The van der Waals surface area contributed by atoms with Crippen molar-refractivity contribution in [3.05, 3.63) is 0 Å². The molecule has 1 unspecified atom stereocenters.